The van der Waals surface area contributed by atoms with Crippen molar-refractivity contribution in [1.29, 1.82) is 0 Å². The highest BCUT2D eigenvalue weighted by molar-refractivity contribution is 5.91. The monoisotopic (exact) mass is 373 g/mol. The van der Waals surface area contributed by atoms with Crippen LogP contribution in [0.1, 0.15) is 32.8 Å². The van der Waals surface area contributed by atoms with Crippen molar-refractivity contribution >= 4 is 28.7 Å². The van der Waals surface area contributed by atoms with Gasteiger partial charge in [0.05, 0.1) is 7.11 Å². The number of hydrogen-bond donors (Lipinski definition) is 3. The molecule has 0 saturated heterocycles. The van der Waals surface area contributed by atoms with Gasteiger partial charge in [-0.25, -0.2) is 4.79 Å². The van der Waals surface area contributed by atoms with E-state index in [1.165, 1.54) is 14.0 Å². The highest BCUT2D eigenvalue weighted by Crippen LogP contribution is 2.19. The van der Waals surface area contributed by atoms with Gasteiger partial charge < -0.3 is 20.4 Å². The smallest absolute Gasteiger partial charge is 0.328 e. The highest BCUT2D eigenvalue weighted by Gasteiger charge is 2.30. The Balaban J connectivity index is 2.21. The van der Waals surface area contributed by atoms with Gasteiger partial charge in [-0.3, -0.25) is 9.59 Å². The number of hydrogen-bond acceptors (Lipinski definition) is 4. The molecule has 1 aromatic heterocycles. The second-order valence-electron chi connectivity index (χ2n) is 6.71. The summed E-state index contributed by atoms with van der Waals surface area (Å²) in [5, 5.41) is 6.41. The first-order valence-corrected chi connectivity index (χ1v) is 9.07. The number of benzene rings is 1. The van der Waals surface area contributed by atoms with Crippen molar-refractivity contribution in [1.82, 2.24) is 15.6 Å². The van der Waals surface area contributed by atoms with Gasteiger partial charge in [0.15, 0.2) is 0 Å². The Kier molecular flexibility index (Phi) is 6.98. The van der Waals surface area contributed by atoms with E-state index in [-0.39, 0.29) is 18.2 Å². The Morgan fingerprint density at radius 1 is 1.19 bits per heavy atom. The summed E-state index contributed by atoms with van der Waals surface area (Å²) in [6.07, 6.45) is 2.83. The lowest BCUT2D eigenvalue weighted by atomic mass is 9.97. The molecule has 7 heteroatoms. The molecule has 27 heavy (non-hydrogen) atoms. The summed E-state index contributed by atoms with van der Waals surface area (Å²) in [6.45, 7) is 5.19. The molecular formula is C20H27N3O4. The van der Waals surface area contributed by atoms with Crippen LogP contribution in [-0.2, 0) is 25.5 Å². The fourth-order valence-electron chi connectivity index (χ4n) is 3.04. The third-order valence-electron chi connectivity index (χ3n) is 4.76. The minimum Gasteiger partial charge on any atom is -0.467 e. The summed E-state index contributed by atoms with van der Waals surface area (Å²) in [7, 11) is 1.29. The number of carbonyl (C=O) groups excluding carboxylic acids is 3. The Bertz CT molecular complexity index is 814. The summed E-state index contributed by atoms with van der Waals surface area (Å²) < 4.78 is 4.87. The summed E-state index contributed by atoms with van der Waals surface area (Å²) in [5.41, 5.74) is 1.86. The van der Waals surface area contributed by atoms with E-state index in [0.717, 1.165) is 16.5 Å². The van der Waals surface area contributed by atoms with Crippen molar-refractivity contribution in [2.75, 3.05) is 7.11 Å². The van der Waals surface area contributed by atoms with Crippen molar-refractivity contribution < 1.29 is 19.1 Å². The molecule has 0 bridgehead atoms. The Hall–Kier alpha value is -2.83. The number of carbonyl (C=O) groups is 3. The predicted molar refractivity (Wildman–Crippen MR) is 103 cm³/mol. The normalized spacial score (nSPS) is 14.2. The Morgan fingerprint density at radius 3 is 2.52 bits per heavy atom. The lowest BCUT2D eigenvalue weighted by Gasteiger charge is -2.25. The topological polar surface area (TPSA) is 100 Å². The van der Waals surface area contributed by atoms with Crippen LogP contribution in [0.15, 0.2) is 30.5 Å². The van der Waals surface area contributed by atoms with Crippen LogP contribution in [0.25, 0.3) is 10.9 Å². The standard InChI is InChI=1S/C20H27N3O4/c1-5-12(2)18(22-13(3)24)19(25)23-17(20(26)27-4)10-14-11-21-16-9-7-6-8-15(14)16/h6-9,11-12,17-18,21H,5,10H2,1-4H3,(H,22,24)(H,23,25)/t12-,17-,18-/m0/s1. The van der Waals surface area contributed by atoms with Crippen molar-refractivity contribution in [3.8, 4) is 0 Å². The number of H-pyrrole nitrogens is 1. The maximum absolute atomic E-state index is 12.8. The second-order valence-corrected chi connectivity index (χ2v) is 6.71. The van der Waals surface area contributed by atoms with Crippen molar-refractivity contribution in [3.05, 3.63) is 36.0 Å². The van der Waals surface area contributed by atoms with E-state index in [2.05, 4.69) is 15.6 Å². The summed E-state index contributed by atoms with van der Waals surface area (Å²) in [5.74, 6) is -1.28. The maximum atomic E-state index is 12.8. The van der Waals surface area contributed by atoms with Gasteiger partial charge in [-0.2, -0.15) is 0 Å². The number of nitrogens with one attached hydrogen (secondary N) is 3. The molecule has 0 saturated carbocycles. The van der Waals surface area contributed by atoms with Crippen LogP contribution in [0.2, 0.25) is 0 Å². The zero-order valence-corrected chi connectivity index (χ0v) is 16.2. The molecule has 0 radical (unpaired) electrons. The quantitative estimate of drug-likeness (QED) is 0.616. The number of ether oxygens (including phenoxy) is 1. The molecule has 3 atom stereocenters. The molecule has 146 valence electrons. The molecule has 2 rings (SSSR count). The molecule has 0 unspecified atom stereocenters. The van der Waals surface area contributed by atoms with Crippen LogP contribution < -0.4 is 10.6 Å². The SMILES string of the molecule is CC[C@H](C)[C@H](NC(C)=O)C(=O)N[C@@H](Cc1c[nH]c2ccccc12)C(=O)OC. The average molecular weight is 373 g/mol. The average Bonchev–Trinajstić information content (AvgIpc) is 3.07. The molecule has 2 amide bonds. The fraction of sp³-hybridized carbons (Fsp3) is 0.450. The van der Waals surface area contributed by atoms with Gasteiger partial charge >= 0.3 is 5.97 Å². The molecule has 0 aliphatic heterocycles. The Labute approximate surface area is 158 Å². The van der Waals surface area contributed by atoms with Crippen LogP contribution >= 0.6 is 0 Å². The van der Waals surface area contributed by atoms with Crippen LogP contribution in [0, 0.1) is 5.92 Å². The van der Waals surface area contributed by atoms with E-state index in [9.17, 15) is 14.4 Å². The van der Waals surface area contributed by atoms with Gasteiger partial charge in [-0.1, -0.05) is 38.5 Å². The molecule has 2 aromatic rings. The first-order valence-electron chi connectivity index (χ1n) is 9.07. The van der Waals surface area contributed by atoms with Gasteiger partial charge in [-0.15, -0.1) is 0 Å². The van der Waals surface area contributed by atoms with Crippen molar-refractivity contribution in [2.45, 2.75) is 45.7 Å². The maximum Gasteiger partial charge on any atom is 0.328 e. The lowest BCUT2D eigenvalue weighted by Crippen LogP contribution is -2.54. The molecule has 0 aliphatic carbocycles. The minimum atomic E-state index is -0.845. The van der Waals surface area contributed by atoms with E-state index in [1.54, 1.807) is 0 Å². The van der Waals surface area contributed by atoms with Gasteiger partial charge in [-0.05, 0) is 17.5 Å². The van der Waals surface area contributed by atoms with E-state index in [0.29, 0.717) is 6.42 Å². The van der Waals surface area contributed by atoms with Crippen LogP contribution in [-0.4, -0.2) is 42.0 Å². The van der Waals surface area contributed by atoms with E-state index in [1.807, 2.05) is 44.3 Å². The fourth-order valence-corrected chi connectivity index (χ4v) is 3.04. The van der Waals surface area contributed by atoms with Gasteiger partial charge in [0, 0.05) is 30.4 Å². The zero-order chi connectivity index (χ0) is 20.0. The van der Waals surface area contributed by atoms with E-state index >= 15 is 0 Å². The lowest BCUT2D eigenvalue weighted by molar-refractivity contribution is -0.145. The third kappa shape index (κ3) is 5.09. The largest absolute Gasteiger partial charge is 0.467 e. The number of methoxy groups -OCH3 is 1. The molecular weight excluding hydrogens is 346 g/mol. The van der Waals surface area contributed by atoms with E-state index in [4.69, 9.17) is 4.74 Å². The summed E-state index contributed by atoms with van der Waals surface area (Å²) in [4.78, 5) is 39.6. The number of fused-ring (bicyclic) bond motifs is 1. The minimum absolute atomic E-state index is 0.0692. The number of esters is 1. The molecule has 0 spiro atoms. The Morgan fingerprint density at radius 2 is 1.89 bits per heavy atom. The second kappa shape index (κ2) is 9.21. The highest BCUT2D eigenvalue weighted by atomic mass is 16.5. The van der Waals surface area contributed by atoms with Crippen LogP contribution in [0.5, 0.6) is 0 Å². The number of aromatic amines is 1. The predicted octanol–water partition coefficient (Wildman–Crippen LogP) is 1.92. The molecule has 3 N–H and O–H groups in total. The first-order chi connectivity index (χ1) is 12.9. The van der Waals surface area contributed by atoms with E-state index < -0.39 is 24.0 Å². The summed E-state index contributed by atoms with van der Waals surface area (Å²) >= 11 is 0. The molecule has 1 aromatic carbocycles. The summed E-state index contributed by atoms with van der Waals surface area (Å²) in [6, 6.07) is 6.19. The van der Waals surface area contributed by atoms with Gasteiger partial charge in [0.2, 0.25) is 11.8 Å². The van der Waals surface area contributed by atoms with Crippen molar-refractivity contribution in [3.63, 3.8) is 0 Å². The van der Waals surface area contributed by atoms with Crippen molar-refractivity contribution in [2.24, 2.45) is 5.92 Å². The number of rotatable bonds is 8. The number of para-hydroxylation sites is 1. The van der Waals surface area contributed by atoms with Crippen LogP contribution in [0.4, 0.5) is 0 Å². The third-order valence-corrected chi connectivity index (χ3v) is 4.76. The molecule has 0 aliphatic rings. The molecule has 1 heterocycles. The van der Waals surface area contributed by atoms with Gasteiger partial charge in [0.25, 0.3) is 0 Å². The first kappa shape index (κ1) is 20.5. The zero-order valence-electron chi connectivity index (χ0n) is 16.2. The van der Waals surface area contributed by atoms with Gasteiger partial charge in [0.1, 0.15) is 12.1 Å². The van der Waals surface area contributed by atoms with Crippen LogP contribution in [0.3, 0.4) is 0 Å². The number of aromatic nitrogens is 1. The molecule has 0 fully saturated rings. The number of amides is 2. The molecule has 7 nitrogen and oxygen atoms in total.